The molecule has 0 bridgehead atoms. The molecule has 0 spiro atoms. The molecule has 110 valence electrons. The topological polar surface area (TPSA) is 69.6 Å². The Balaban J connectivity index is 2.66. The number of hydrogen-bond acceptors (Lipinski definition) is 2. The fourth-order valence-corrected chi connectivity index (χ4v) is 2.60. The molecule has 0 radical (unpaired) electrons. The summed E-state index contributed by atoms with van der Waals surface area (Å²) >= 11 is 0. The maximum absolute atomic E-state index is 12.2. The van der Waals surface area contributed by atoms with E-state index < -0.39 is 5.97 Å². The fraction of sp³-hybridized carbons (Fsp3) is 0.857. The molecule has 0 saturated heterocycles. The Labute approximate surface area is 115 Å². The van der Waals surface area contributed by atoms with Gasteiger partial charge in [0, 0.05) is 12.6 Å². The van der Waals surface area contributed by atoms with E-state index in [1.165, 1.54) is 4.90 Å². The monoisotopic (exact) mass is 270 g/mol. The van der Waals surface area contributed by atoms with Crippen LogP contribution in [0, 0.1) is 16.7 Å². The third-order valence-electron chi connectivity index (χ3n) is 4.49. The van der Waals surface area contributed by atoms with Gasteiger partial charge < -0.3 is 15.3 Å². The van der Waals surface area contributed by atoms with Crippen molar-refractivity contribution >= 4 is 12.0 Å². The molecule has 2 N–H and O–H groups in total. The number of amides is 2. The summed E-state index contributed by atoms with van der Waals surface area (Å²) in [6.45, 7) is 12.6. The lowest BCUT2D eigenvalue weighted by molar-refractivity contribution is -0.137. The first-order valence-corrected chi connectivity index (χ1v) is 6.77. The van der Waals surface area contributed by atoms with Crippen LogP contribution in [0.25, 0.3) is 0 Å². The zero-order chi connectivity index (χ0) is 15.0. The van der Waals surface area contributed by atoms with Crippen LogP contribution in [0.3, 0.4) is 0 Å². The first-order valence-electron chi connectivity index (χ1n) is 6.77. The van der Waals surface area contributed by atoms with Crippen molar-refractivity contribution < 1.29 is 14.7 Å². The Kier molecular flexibility index (Phi) is 4.17. The van der Waals surface area contributed by atoms with Crippen molar-refractivity contribution in [2.24, 2.45) is 16.7 Å². The van der Waals surface area contributed by atoms with E-state index in [0.29, 0.717) is 6.54 Å². The summed E-state index contributed by atoms with van der Waals surface area (Å²) in [5.41, 5.74) is 0.102. The molecule has 1 aliphatic carbocycles. The van der Waals surface area contributed by atoms with E-state index in [9.17, 15) is 9.59 Å². The minimum Gasteiger partial charge on any atom is -0.480 e. The van der Waals surface area contributed by atoms with Gasteiger partial charge in [-0.1, -0.05) is 41.5 Å². The van der Waals surface area contributed by atoms with E-state index in [2.05, 4.69) is 33.0 Å². The molecule has 0 unspecified atom stereocenters. The number of nitrogens with one attached hydrogen (secondary N) is 1. The minimum absolute atomic E-state index is 0.0510. The van der Waals surface area contributed by atoms with Crippen molar-refractivity contribution in [3.63, 3.8) is 0 Å². The second kappa shape index (κ2) is 5.02. The maximum atomic E-state index is 12.2. The van der Waals surface area contributed by atoms with Gasteiger partial charge in [-0.3, -0.25) is 4.79 Å². The molecule has 0 aromatic heterocycles. The number of aliphatic carboxylic acids is 1. The summed E-state index contributed by atoms with van der Waals surface area (Å²) in [5, 5.41) is 11.8. The Hall–Kier alpha value is -1.26. The van der Waals surface area contributed by atoms with Crippen molar-refractivity contribution in [3.8, 4) is 0 Å². The fourth-order valence-electron chi connectivity index (χ4n) is 2.60. The van der Waals surface area contributed by atoms with Gasteiger partial charge in [-0.05, 0) is 16.7 Å². The first kappa shape index (κ1) is 15.8. The third kappa shape index (κ3) is 3.19. The van der Waals surface area contributed by atoms with Gasteiger partial charge in [-0.25, -0.2) is 4.79 Å². The van der Waals surface area contributed by atoms with Gasteiger partial charge in [0.25, 0.3) is 0 Å². The molecule has 5 nitrogen and oxygen atoms in total. The van der Waals surface area contributed by atoms with Crippen LogP contribution < -0.4 is 5.32 Å². The summed E-state index contributed by atoms with van der Waals surface area (Å²) in [7, 11) is 0. The molecule has 0 atom stereocenters. The highest BCUT2D eigenvalue weighted by Crippen LogP contribution is 2.62. The molecule has 0 aromatic rings. The van der Waals surface area contributed by atoms with Crippen LogP contribution in [0.5, 0.6) is 0 Å². The number of rotatable bonds is 5. The van der Waals surface area contributed by atoms with Gasteiger partial charge in [0.1, 0.15) is 6.54 Å². The van der Waals surface area contributed by atoms with Crippen molar-refractivity contribution in [3.05, 3.63) is 0 Å². The summed E-state index contributed by atoms with van der Waals surface area (Å²) in [4.78, 5) is 24.4. The van der Waals surface area contributed by atoms with Gasteiger partial charge >= 0.3 is 12.0 Å². The van der Waals surface area contributed by atoms with Crippen LogP contribution in [0.15, 0.2) is 0 Å². The molecular formula is C14H26N2O3. The van der Waals surface area contributed by atoms with Crippen LogP contribution in [-0.2, 0) is 4.79 Å². The van der Waals surface area contributed by atoms with Gasteiger partial charge in [-0.15, -0.1) is 0 Å². The predicted octanol–water partition coefficient (Wildman–Crippen LogP) is 2.17. The molecule has 1 rings (SSSR count). The van der Waals surface area contributed by atoms with E-state index in [4.69, 9.17) is 5.11 Å². The van der Waals surface area contributed by atoms with Crippen LogP contribution in [0.2, 0.25) is 0 Å². The van der Waals surface area contributed by atoms with Gasteiger partial charge in [0.15, 0.2) is 0 Å². The molecule has 5 heteroatoms. The Morgan fingerprint density at radius 1 is 1.21 bits per heavy atom. The highest BCUT2D eigenvalue weighted by Gasteiger charge is 2.65. The lowest BCUT2D eigenvalue weighted by atomic mass is 10.0. The van der Waals surface area contributed by atoms with Crippen LogP contribution in [0.1, 0.15) is 41.5 Å². The van der Waals surface area contributed by atoms with E-state index in [1.807, 2.05) is 13.8 Å². The molecule has 0 aromatic carbocycles. The number of carbonyl (C=O) groups excluding carboxylic acids is 1. The van der Waals surface area contributed by atoms with Crippen LogP contribution in [-0.4, -0.2) is 41.1 Å². The van der Waals surface area contributed by atoms with Gasteiger partial charge in [-0.2, -0.15) is 0 Å². The molecule has 19 heavy (non-hydrogen) atoms. The van der Waals surface area contributed by atoms with E-state index in [-0.39, 0.29) is 35.4 Å². The lowest BCUT2D eigenvalue weighted by Crippen LogP contribution is -2.46. The molecule has 1 fully saturated rings. The van der Waals surface area contributed by atoms with Crippen molar-refractivity contribution in [2.45, 2.75) is 47.6 Å². The molecule has 1 aliphatic rings. The quantitative estimate of drug-likeness (QED) is 0.804. The number of nitrogens with zero attached hydrogens (tertiary/aromatic N) is 1. The smallest absolute Gasteiger partial charge is 0.323 e. The highest BCUT2D eigenvalue weighted by molar-refractivity contribution is 5.80. The summed E-state index contributed by atoms with van der Waals surface area (Å²) in [6.07, 6.45) is 0. The van der Waals surface area contributed by atoms with Crippen LogP contribution in [0.4, 0.5) is 4.79 Å². The highest BCUT2D eigenvalue weighted by atomic mass is 16.4. The standard InChI is InChI=1S/C14H26N2O3/c1-9(2)7-16(8-10(17)18)12(19)15-11-13(3,4)14(11,5)6/h9,11H,7-8H2,1-6H3,(H,15,19)(H,17,18). The summed E-state index contributed by atoms with van der Waals surface area (Å²) in [5.74, 6) is -0.740. The van der Waals surface area contributed by atoms with Crippen LogP contribution >= 0.6 is 0 Å². The lowest BCUT2D eigenvalue weighted by Gasteiger charge is -2.23. The van der Waals surface area contributed by atoms with E-state index in [1.54, 1.807) is 0 Å². The Morgan fingerprint density at radius 2 is 1.68 bits per heavy atom. The van der Waals surface area contributed by atoms with Crippen molar-refractivity contribution in [2.75, 3.05) is 13.1 Å². The molecule has 2 amide bonds. The SMILES string of the molecule is CC(C)CN(CC(=O)O)C(=O)NC1C(C)(C)C1(C)C. The van der Waals surface area contributed by atoms with Crippen molar-refractivity contribution in [1.82, 2.24) is 10.2 Å². The third-order valence-corrected chi connectivity index (χ3v) is 4.49. The minimum atomic E-state index is -0.981. The number of carboxylic acids is 1. The zero-order valence-corrected chi connectivity index (χ0v) is 12.8. The number of urea groups is 1. The van der Waals surface area contributed by atoms with E-state index >= 15 is 0 Å². The molecular weight excluding hydrogens is 244 g/mol. The molecule has 1 saturated carbocycles. The second-order valence-electron chi connectivity index (χ2n) is 6.99. The predicted molar refractivity (Wildman–Crippen MR) is 73.9 cm³/mol. The number of carboxylic acid groups (broad SMARTS) is 1. The van der Waals surface area contributed by atoms with Gasteiger partial charge in [0.2, 0.25) is 0 Å². The molecule has 0 aliphatic heterocycles. The normalized spacial score (nSPS) is 20.2. The number of hydrogen-bond donors (Lipinski definition) is 2. The van der Waals surface area contributed by atoms with Crippen molar-refractivity contribution in [1.29, 1.82) is 0 Å². The van der Waals surface area contributed by atoms with E-state index in [0.717, 1.165) is 0 Å². The molecule has 0 heterocycles. The maximum Gasteiger partial charge on any atom is 0.323 e. The summed E-state index contributed by atoms with van der Waals surface area (Å²) in [6, 6.07) is -0.185. The Bertz CT molecular complexity index is 361. The number of carbonyl (C=O) groups is 2. The average Bonchev–Trinajstić information content (AvgIpc) is 2.58. The Morgan fingerprint density at radius 3 is 2.00 bits per heavy atom. The second-order valence-corrected chi connectivity index (χ2v) is 6.99. The zero-order valence-electron chi connectivity index (χ0n) is 12.8. The summed E-state index contributed by atoms with van der Waals surface area (Å²) < 4.78 is 0. The average molecular weight is 270 g/mol. The first-order chi connectivity index (χ1) is 8.50. The largest absolute Gasteiger partial charge is 0.480 e. The van der Waals surface area contributed by atoms with Gasteiger partial charge in [0.05, 0.1) is 0 Å².